The molecule has 216 valence electrons. The highest BCUT2D eigenvalue weighted by atomic mass is 32.2. The molecule has 0 saturated carbocycles. The third-order valence-electron chi connectivity index (χ3n) is 6.27. The molecule has 4 aromatic rings. The fourth-order valence-corrected chi connectivity index (χ4v) is 5.33. The molecule has 12 heteroatoms. The van der Waals surface area contributed by atoms with Crippen molar-refractivity contribution in [3.8, 4) is 17.2 Å². The molecule has 0 saturated heterocycles. The minimum absolute atomic E-state index is 0.0724. The van der Waals surface area contributed by atoms with Crippen molar-refractivity contribution in [1.82, 2.24) is 14.5 Å². The normalized spacial score (nSPS) is 11.3. The first kappa shape index (κ1) is 29.7. The summed E-state index contributed by atoms with van der Waals surface area (Å²) in [5, 5.41) is 7.01. The van der Waals surface area contributed by atoms with E-state index in [0.29, 0.717) is 30.1 Å². The second-order valence-corrected chi connectivity index (χ2v) is 10.8. The van der Waals surface area contributed by atoms with Gasteiger partial charge in [-0.25, -0.2) is 22.2 Å². The first-order valence-corrected chi connectivity index (χ1v) is 14.1. The molecular formula is C29H31FN4O6S. The number of aromatic nitrogens is 2. The van der Waals surface area contributed by atoms with E-state index < -0.39 is 21.7 Å². The van der Waals surface area contributed by atoms with Gasteiger partial charge in [-0.3, -0.25) is 4.79 Å². The van der Waals surface area contributed by atoms with Crippen LogP contribution in [0.15, 0.2) is 78.0 Å². The van der Waals surface area contributed by atoms with Gasteiger partial charge in [-0.1, -0.05) is 24.3 Å². The number of rotatable bonds is 13. The molecule has 0 aliphatic heterocycles. The van der Waals surface area contributed by atoms with E-state index in [9.17, 15) is 17.6 Å². The summed E-state index contributed by atoms with van der Waals surface area (Å²) in [4.78, 5) is 12.6. The molecule has 0 atom stereocenters. The van der Waals surface area contributed by atoms with Crippen LogP contribution in [0.5, 0.6) is 11.5 Å². The van der Waals surface area contributed by atoms with E-state index in [-0.39, 0.29) is 34.8 Å². The number of nitrogens with zero attached hydrogens (tertiary/aromatic N) is 2. The van der Waals surface area contributed by atoms with Gasteiger partial charge in [-0.15, -0.1) is 0 Å². The Hall–Kier alpha value is -4.26. The maximum Gasteiger partial charge on any atom is 0.243 e. The Morgan fingerprint density at radius 3 is 2.54 bits per heavy atom. The van der Waals surface area contributed by atoms with Crippen LogP contribution in [0.4, 0.5) is 10.1 Å². The number of hydrogen-bond donors (Lipinski definition) is 2. The molecule has 4 rings (SSSR count). The van der Waals surface area contributed by atoms with Crippen LogP contribution in [-0.2, 0) is 38.9 Å². The molecule has 1 aromatic heterocycles. The number of sulfonamides is 1. The zero-order valence-electron chi connectivity index (χ0n) is 22.9. The lowest BCUT2D eigenvalue weighted by molar-refractivity contribution is -0.115. The molecule has 1 amide bonds. The SMILES string of the molecule is COCCc1cnn(-c2ccc(NC(=O)Cc3ccccc3F)cc2S(=O)(=O)NCc2ccc(OC)cc2OC)c1. The second kappa shape index (κ2) is 13.4. The van der Waals surface area contributed by atoms with Crippen LogP contribution in [0.25, 0.3) is 5.69 Å². The third-order valence-corrected chi connectivity index (χ3v) is 7.70. The highest BCUT2D eigenvalue weighted by Crippen LogP contribution is 2.27. The summed E-state index contributed by atoms with van der Waals surface area (Å²) in [5.41, 5.74) is 2.17. The quantitative estimate of drug-likeness (QED) is 0.246. The van der Waals surface area contributed by atoms with Crippen LogP contribution in [-0.4, -0.2) is 52.0 Å². The number of amides is 1. The zero-order valence-corrected chi connectivity index (χ0v) is 23.7. The van der Waals surface area contributed by atoms with Crippen molar-refractivity contribution in [2.45, 2.75) is 24.3 Å². The molecule has 0 aliphatic rings. The molecule has 41 heavy (non-hydrogen) atoms. The summed E-state index contributed by atoms with van der Waals surface area (Å²) in [6, 6.07) is 15.5. The molecule has 0 bridgehead atoms. The van der Waals surface area contributed by atoms with Gasteiger partial charge < -0.3 is 19.5 Å². The van der Waals surface area contributed by atoms with Crippen LogP contribution >= 0.6 is 0 Å². The predicted octanol–water partition coefficient (Wildman–Crippen LogP) is 3.88. The third kappa shape index (κ3) is 7.48. The zero-order chi connectivity index (χ0) is 29.4. The number of nitrogens with one attached hydrogen (secondary N) is 2. The number of benzene rings is 3. The molecule has 0 radical (unpaired) electrons. The number of anilines is 1. The smallest absolute Gasteiger partial charge is 0.243 e. The van der Waals surface area contributed by atoms with Gasteiger partial charge in [-0.05, 0) is 47.9 Å². The lowest BCUT2D eigenvalue weighted by Gasteiger charge is -2.15. The van der Waals surface area contributed by atoms with Crippen molar-refractivity contribution in [1.29, 1.82) is 0 Å². The first-order chi connectivity index (χ1) is 19.7. The molecular weight excluding hydrogens is 551 g/mol. The lowest BCUT2D eigenvalue weighted by atomic mass is 10.1. The molecule has 2 N–H and O–H groups in total. The predicted molar refractivity (Wildman–Crippen MR) is 151 cm³/mol. The van der Waals surface area contributed by atoms with Crippen molar-refractivity contribution in [3.63, 3.8) is 0 Å². The van der Waals surface area contributed by atoms with Crippen molar-refractivity contribution < 1.29 is 31.8 Å². The average Bonchev–Trinajstić information content (AvgIpc) is 3.45. The summed E-state index contributed by atoms with van der Waals surface area (Å²) in [6.45, 7) is 0.409. The van der Waals surface area contributed by atoms with Gasteiger partial charge in [0, 0.05) is 37.2 Å². The molecule has 1 heterocycles. The van der Waals surface area contributed by atoms with Crippen molar-refractivity contribution >= 4 is 21.6 Å². The first-order valence-electron chi connectivity index (χ1n) is 12.6. The summed E-state index contributed by atoms with van der Waals surface area (Å²) >= 11 is 0. The van der Waals surface area contributed by atoms with Crippen LogP contribution < -0.4 is 19.5 Å². The van der Waals surface area contributed by atoms with Crippen molar-refractivity contribution in [3.05, 3.63) is 95.6 Å². The average molecular weight is 583 g/mol. The van der Waals surface area contributed by atoms with E-state index in [2.05, 4.69) is 15.1 Å². The van der Waals surface area contributed by atoms with E-state index in [0.717, 1.165) is 5.56 Å². The van der Waals surface area contributed by atoms with Gasteiger partial charge in [0.1, 0.15) is 22.2 Å². The van der Waals surface area contributed by atoms with Crippen LogP contribution in [0.1, 0.15) is 16.7 Å². The Bertz CT molecular complexity index is 1620. The monoisotopic (exact) mass is 582 g/mol. The van der Waals surface area contributed by atoms with E-state index in [4.69, 9.17) is 14.2 Å². The van der Waals surface area contributed by atoms with Gasteiger partial charge >= 0.3 is 0 Å². The second-order valence-electron chi connectivity index (χ2n) is 9.04. The van der Waals surface area contributed by atoms with Crippen molar-refractivity contribution in [2.24, 2.45) is 0 Å². The topological polar surface area (TPSA) is 121 Å². The fourth-order valence-electron chi connectivity index (χ4n) is 4.11. The highest BCUT2D eigenvalue weighted by Gasteiger charge is 2.22. The molecule has 0 fully saturated rings. The number of carbonyl (C=O) groups excluding carboxylic acids is 1. The Balaban J connectivity index is 1.64. The van der Waals surface area contributed by atoms with Crippen LogP contribution in [0.2, 0.25) is 0 Å². The maximum absolute atomic E-state index is 14.0. The molecule has 0 unspecified atom stereocenters. The fraction of sp³-hybridized carbons (Fsp3) is 0.241. The summed E-state index contributed by atoms with van der Waals surface area (Å²) in [6.07, 6.45) is 3.73. The highest BCUT2D eigenvalue weighted by molar-refractivity contribution is 7.89. The minimum atomic E-state index is -4.14. The standard InChI is InChI=1S/C29H31FN4O6S/c1-38-13-12-20-17-31-34(19-20)26-11-9-23(33-29(35)14-21-6-4-5-7-25(21)30)15-28(26)41(36,37)32-18-22-8-10-24(39-2)16-27(22)40-3/h4-11,15-17,19,32H,12-14,18H2,1-3H3,(H,33,35). The van der Waals surface area contributed by atoms with E-state index in [1.807, 2.05) is 0 Å². The Labute approximate surface area is 238 Å². The van der Waals surface area contributed by atoms with Gasteiger partial charge in [0.2, 0.25) is 15.9 Å². The number of hydrogen-bond acceptors (Lipinski definition) is 7. The molecule has 3 aromatic carbocycles. The number of methoxy groups -OCH3 is 3. The summed E-state index contributed by atoms with van der Waals surface area (Å²) in [5.74, 6) is 0.0271. The van der Waals surface area contributed by atoms with E-state index in [1.54, 1.807) is 55.9 Å². The van der Waals surface area contributed by atoms with E-state index in [1.165, 1.54) is 43.2 Å². The Morgan fingerprint density at radius 2 is 1.80 bits per heavy atom. The van der Waals surface area contributed by atoms with Gasteiger partial charge in [-0.2, -0.15) is 5.10 Å². The number of carbonyl (C=O) groups is 1. The number of halogens is 1. The Kier molecular flexibility index (Phi) is 9.71. The lowest BCUT2D eigenvalue weighted by Crippen LogP contribution is -2.25. The maximum atomic E-state index is 14.0. The van der Waals surface area contributed by atoms with Gasteiger partial charge in [0.25, 0.3) is 0 Å². The minimum Gasteiger partial charge on any atom is -0.497 e. The van der Waals surface area contributed by atoms with Crippen molar-refractivity contribution in [2.75, 3.05) is 33.3 Å². The van der Waals surface area contributed by atoms with Gasteiger partial charge in [0.05, 0.1) is 39.1 Å². The summed E-state index contributed by atoms with van der Waals surface area (Å²) in [7, 11) is 0.460. The molecule has 0 aliphatic carbocycles. The number of ether oxygens (including phenoxy) is 3. The summed E-state index contributed by atoms with van der Waals surface area (Å²) < 4.78 is 61.2. The van der Waals surface area contributed by atoms with Crippen LogP contribution in [0, 0.1) is 5.82 Å². The molecule has 10 nitrogen and oxygen atoms in total. The van der Waals surface area contributed by atoms with Gasteiger partial charge in [0.15, 0.2) is 0 Å². The van der Waals surface area contributed by atoms with Crippen LogP contribution in [0.3, 0.4) is 0 Å². The Morgan fingerprint density at radius 1 is 1.00 bits per heavy atom. The van der Waals surface area contributed by atoms with E-state index >= 15 is 0 Å². The largest absolute Gasteiger partial charge is 0.497 e. The molecule has 0 spiro atoms.